The van der Waals surface area contributed by atoms with Gasteiger partial charge in [-0.2, -0.15) is 0 Å². The van der Waals surface area contributed by atoms with Crippen molar-refractivity contribution in [1.29, 1.82) is 0 Å². The van der Waals surface area contributed by atoms with Gasteiger partial charge in [0.1, 0.15) is 0 Å². The van der Waals surface area contributed by atoms with Crippen molar-refractivity contribution in [2.45, 2.75) is 39.7 Å². The second-order valence-electron chi connectivity index (χ2n) is 5.45. The number of amides is 1. The topological polar surface area (TPSA) is 68.0 Å². The van der Waals surface area contributed by atoms with E-state index in [4.69, 9.17) is 5.73 Å². The minimum absolute atomic E-state index is 0.103. The lowest BCUT2D eigenvalue weighted by molar-refractivity contribution is 0.0897. The number of hydrogen-bond acceptors (Lipinski definition) is 3. The Labute approximate surface area is 109 Å². The van der Waals surface area contributed by atoms with Crippen LogP contribution in [0.5, 0.6) is 0 Å². The van der Waals surface area contributed by atoms with E-state index in [9.17, 15) is 4.79 Å². The first-order valence-corrected chi connectivity index (χ1v) is 6.32. The first-order chi connectivity index (χ1) is 8.38. The third kappa shape index (κ3) is 3.81. The fourth-order valence-corrected chi connectivity index (χ4v) is 2.15. The van der Waals surface area contributed by atoms with Crippen LogP contribution in [0, 0.1) is 12.8 Å². The van der Waals surface area contributed by atoms with Crippen LogP contribution in [0.4, 0.5) is 0 Å². The molecule has 4 heteroatoms. The molecule has 0 fully saturated rings. The van der Waals surface area contributed by atoms with Gasteiger partial charge in [-0.25, -0.2) is 0 Å². The fourth-order valence-electron chi connectivity index (χ4n) is 2.15. The highest BCUT2D eigenvalue weighted by Gasteiger charge is 2.26. The maximum Gasteiger partial charge on any atom is 0.253 e. The third-order valence-electron chi connectivity index (χ3n) is 2.98. The number of hydrogen-bond donors (Lipinski definition) is 2. The summed E-state index contributed by atoms with van der Waals surface area (Å²) < 4.78 is 0. The smallest absolute Gasteiger partial charge is 0.253 e. The summed E-state index contributed by atoms with van der Waals surface area (Å²) in [6, 6.07) is 3.55. The van der Waals surface area contributed by atoms with Gasteiger partial charge in [0.2, 0.25) is 0 Å². The number of nitrogens with zero attached hydrogens (tertiary/aromatic N) is 1. The van der Waals surface area contributed by atoms with Crippen molar-refractivity contribution >= 4 is 5.91 Å². The van der Waals surface area contributed by atoms with Crippen molar-refractivity contribution in [2.24, 2.45) is 11.7 Å². The zero-order valence-corrected chi connectivity index (χ0v) is 11.7. The molecule has 1 unspecified atom stereocenters. The van der Waals surface area contributed by atoms with Crippen molar-refractivity contribution in [3.63, 3.8) is 0 Å². The summed E-state index contributed by atoms with van der Waals surface area (Å²) in [4.78, 5) is 16.3. The molecule has 0 saturated heterocycles. The van der Waals surface area contributed by atoms with Gasteiger partial charge >= 0.3 is 0 Å². The second-order valence-corrected chi connectivity index (χ2v) is 5.45. The van der Waals surface area contributed by atoms with E-state index >= 15 is 0 Å². The number of rotatable bonds is 5. The molecule has 0 saturated carbocycles. The molecule has 1 aromatic rings. The molecule has 4 nitrogen and oxygen atoms in total. The number of carbonyl (C=O) groups excluding carboxylic acids is 1. The van der Waals surface area contributed by atoms with E-state index in [-0.39, 0.29) is 11.4 Å². The molecule has 0 aliphatic rings. The maximum absolute atomic E-state index is 12.2. The first kappa shape index (κ1) is 14.6. The lowest BCUT2D eigenvalue weighted by Gasteiger charge is -2.31. The molecule has 1 rings (SSSR count). The second kappa shape index (κ2) is 5.96. The van der Waals surface area contributed by atoms with Crippen LogP contribution in [0.3, 0.4) is 0 Å². The van der Waals surface area contributed by atoms with Gasteiger partial charge in [-0.05, 0) is 38.3 Å². The molecule has 1 heterocycles. The zero-order chi connectivity index (χ0) is 13.8. The van der Waals surface area contributed by atoms with Crippen molar-refractivity contribution in [2.75, 3.05) is 6.54 Å². The Morgan fingerprint density at radius 2 is 2.22 bits per heavy atom. The number of nitrogens with two attached hydrogens (primary N) is 1. The average molecular weight is 249 g/mol. The van der Waals surface area contributed by atoms with E-state index in [0.29, 0.717) is 18.0 Å². The van der Waals surface area contributed by atoms with Crippen molar-refractivity contribution in [1.82, 2.24) is 10.3 Å². The molecule has 100 valence electrons. The van der Waals surface area contributed by atoms with Crippen LogP contribution in [-0.4, -0.2) is 23.0 Å². The predicted molar refractivity (Wildman–Crippen MR) is 73.4 cm³/mol. The number of nitrogens with one attached hydrogen (secondary N) is 1. The minimum Gasteiger partial charge on any atom is -0.346 e. The van der Waals surface area contributed by atoms with E-state index in [0.717, 1.165) is 12.1 Å². The van der Waals surface area contributed by atoms with Gasteiger partial charge in [0, 0.05) is 24.0 Å². The monoisotopic (exact) mass is 249 g/mol. The highest BCUT2D eigenvalue weighted by atomic mass is 16.1. The summed E-state index contributed by atoms with van der Waals surface area (Å²) in [5, 5.41) is 3.03. The molecule has 0 radical (unpaired) electrons. The molecule has 1 atom stereocenters. The average Bonchev–Trinajstić information content (AvgIpc) is 2.28. The van der Waals surface area contributed by atoms with Crippen molar-refractivity contribution in [3.05, 3.63) is 29.6 Å². The molecule has 3 N–H and O–H groups in total. The molecule has 1 aromatic heterocycles. The van der Waals surface area contributed by atoms with Crippen molar-refractivity contribution in [3.8, 4) is 0 Å². The molecule has 0 spiro atoms. The van der Waals surface area contributed by atoms with Crippen LogP contribution in [0.1, 0.15) is 43.2 Å². The van der Waals surface area contributed by atoms with Crippen LogP contribution >= 0.6 is 0 Å². The van der Waals surface area contributed by atoms with Crippen LogP contribution in [0.2, 0.25) is 0 Å². The Morgan fingerprint density at radius 3 is 2.72 bits per heavy atom. The van der Waals surface area contributed by atoms with Gasteiger partial charge < -0.3 is 11.1 Å². The van der Waals surface area contributed by atoms with Crippen LogP contribution in [0.15, 0.2) is 18.3 Å². The Kier molecular flexibility index (Phi) is 4.84. The molecule has 0 aromatic carbocycles. The Bertz CT molecular complexity index is 417. The zero-order valence-electron chi connectivity index (χ0n) is 11.7. The first-order valence-electron chi connectivity index (χ1n) is 6.32. The maximum atomic E-state index is 12.2. The summed E-state index contributed by atoms with van der Waals surface area (Å²) in [7, 11) is 0. The summed E-state index contributed by atoms with van der Waals surface area (Å²) in [5.74, 6) is 0.378. The number of aryl methyl sites for hydroxylation is 1. The van der Waals surface area contributed by atoms with E-state index < -0.39 is 0 Å². The summed E-state index contributed by atoms with van der Waals surface area (Å²) >= 11 is 0. The van der Waals surface area contributed by atoms with E-state index in [1.54, 1.807) is 18.3 Å². The number of carbonyl (C=O) groups is 1. The summed E-state index contributed by atoms with van der Waals surface area (Å²) in [6.45, 7) is 8.48. The molecule has 0 aliphatic heterocycles. The molecule has 0 aliphatic carbocycles. The van der Waals surface area contributed by atoms with Gasteiger partial charge in [-0.15, -0.1) is 0 Å². The molecule has 0 bridgehead atoms. The van der Waals surface area contributed by atoms with Gasteiger partial charge in [0.15, 0.2) is 0 Å². The largest absolute Gasteiger partial charge is 0.346 e. The summed E-state index contributed by atoms with van der Waals surface area (Å²) in [5.41, 5.74) is 6.77. The van der Waals surface area contributed by atoms with E-state index in [2.05, 4.69) is 24.1 Å². The molecular weight excluding hydrogens is 226 g/mol. The van der Waals surface area contributed by atoms with E-state index in [1.807, 2.05) is 13.8 Å². The number of pyridine rings is 1. The standard InChI is InChI=1S/C14H23N3O/c1-10(2)8-14(4,9-15)17-13(18)12-6-5-7-16-11(12)3/h5-7,10H,8-9,15H2,1-4H3,(H,17,18). The fraction of sp³-hybridized carbons (Fsp3) is 0.571. The SMILES string of the molecule is Cc1ncccc1C(=O)NC(C)(CN)CC(C)C. The highest BCUT2D eigenvalue weighted by molar-refractivity contribution is 5.95. The molecule has 1 amide bonds. The van der Waals surface area contributed by atoms with Gasteiger partial charge in [-0.3, -0.25) is 9.78 Å². The van der Waals surface area contributed by atoms with Gasteiger partial charge in [0.25, 0.3) is 5.91 Å². The highest BCUT2D eigenvalue weighted by Crippen LogP contribution is 2.16. The third-order valence-corrected chi connectivity index (χ3v) is 2.98. The summed E-state index contributed by atoms with van der Waals surface area (Å²) in [6.07, 6.45) is 2.54. The van der Waals surface area contributed by atoms with Crippen LogP contribution < -0.4 is 11.1 Å². The Morgan fingerprint density at radius 1 is 1.56 bits per heavy atom. The van der Waals surface area contributed by atoms with Crippen molar-refractivity contribution < 1.29 is 4.79 Å². The minimum atomic E-state index is -0.368. The lowest BCUT2D eigenvalue weighted by Crippen LogP contribution is -2.52. The Hall–Kier alpha value is -1.42. The van der Waals surface area contributed by atoms with Gasteiger partial charge in [0.05, 0.1) is 5.56 Å². The predicted octanol–water partition coefficient (Wildman–Crippen LogP) is 1.88. The van der Waals surface area contributed by atoms with Crippen LogP contribution in [0.25, 0.3) is 0 Å². The van der Waals surface area contributed by atoms with Gasteiger partial charge in [-0.1, -0.05) is 13.8 Å². The molecular formula is C14H23N3O. The van der Waals surface area contributed by atoms with Crippen LogP contribution in [-0.2, 0) is 0 Å². The Balaban J connectivity index is 2.83. The molecule has 18 heavy (non-hydrogen) atoms. The van der Waals surface area contributed by atoms with E-state index in [1.165, 1.54) is 0 Å². The number of aromatic nitrogens is 1. The normalized spacial score (nSPS) is 14.3. The lowest BCUT2D eigenvalue weighted by atomic mass is 9.90. The quantitative estimate of drug-likeness (QED) is 0.837.